The Bertz CT molecular complexity index is 394. The van der Waals surface area contributed by atoms with E-state index in [0.717, 1.165) is 19.6 Å². The normalized spacial score (nSPS) is 34.1. The Morgan fingerprint density at radius 1 is 1.25 bits per heavy atom. The van der Waals surface area contributed by atoms with Crippen LogP contribution in [0.3, 0.4) is 0 Å². The minimum absolute atomic E-state index is 0.276. The van der Waals surface area contributed by atoms with Crippen molar-refractivity contribution in [3.8, 4) is 6.07 Å². The third-order valence-electron chi connectivity index (χ3n) is 5.30. The van der Waals surface area contributed by atoms with Gasteiger partial charge in [0.2, 0.25) is 0 Å². The zero-order chi connectivity index (χ0) is 14.3. The van der Waals surface area contributed by atoms with Crippen molar-refractivity contribution in [3.05, 3.63) is 0 Å². The predicted molar refractivity (Wildman–Crippen MR) is 80.3 cm³/mol. The largest absolute Gasteiger partial charge is 0.305 e. The highest BCUT2D eigenvalue weighted by molar-refractivity contribution is 5.19. The molecule has 0 bridgehead atoms. The number of hydrogen-bond acceptors (Lipinski definition) is 4. The van der Waals surface area contributed by atoms with E-state index >= 15 is 0 Å². The van der Waals surface area contributed by atoms with Crippen LogP contribution in [0.1, 0.15) is 32.6 Å². The van der Waals surface area contributed by atoms with Crippen LogP contribution in [-0.2, 0) is 0 Å². The number of nitrogens with one attached hydrogen (secondary N) is 1. The molecule has 3 rings (SSSR count). The van der Waals surface area contributed by atoms with E-state index in [0.29, 0.717) is 23.9 Å². The molecule has 1 N–H and O–H groups in total. The van der Waals surface area contributed by atoms with Gasteiger partial charge in [-0.3, -0.25) is 10.2 Å². The molecular weight excluding hydrogens is 248 g/mol. The minimum Gasteiger partial charge on any atom is -0.305 e. The summed E-state index contributed by atoms with van der Waals surface area (Å²) >= 11 is 0. The fourth-order valence-corrected chi connectivity index (χ4v) is 3.82. The molecule has 20 heavy (non-hydrogen) atoms. The Balaban J connectivity index is 1.66. The number of nitriles is 1. The molecule has 4 heteroatoms. The lowest BCUT2D eigenvalue weighted by Gasteiger charge is -2.33. The zero-order valence-electron chi connectivity index (χ0n) is 13.1. The Morgan fingerprint density at radius 3 is 2.40 bits per heavy atom. The Morgan fingerprint density at radius 2 is 1.95 bits per heavy atom. The van der Waals surface area contributed by atoms with E-state index in [1.165, 1.54) is 25.7 Å². The first-order valence-electron chi connectivity index (χ1n) is 8.12. The lowest BCUT2D eigenvalue weighted by molar-refractivity contribution is 0.208. The Kier molecular flexibility index (Phi) is 3.79. The molecule has 112 valence electrons. The summed E-state index contributed by atoms with van der Waals surface area (Å²) in [5.74, 6) is 1.28. The van der Waals surface area contributed by atoms with Gasteiger partial charge >= 0.3 is 0 Å². The summed E-state index contributed by atoms with van der Waals surface area (Å²) in [6.07, 6.45) is 4.97. The second-order valence-corrected chi connectivity index (χ2v) is 7.48. The Hall–Kier alpha value is -0.630. The van der Waals surface area contributed by atoms with Crippen molar-refractivity contribution in [1.29, 1.82) is 5.26 Å². The van der Waals surface area contributed by atoms with Gasteiger partial charge in [0.05, 0.1) is 6.07 Å². The number of nitrogens with zero attached hydrogens (tertiary/aromatic N) is 3. The highest BCUT2D eigenvalue weighted by Gasteiger charge is 2.50. The number of rotatable bonds is 6. The summed E-state index contributed by atoms with van der Waals surface area (Å²) in [7, 11) is 4.34. The van der Waals surface area contributed by atoms with Crippen LogP contribution < -0.4 is 5.32 Å². The van der Waals surface area contributed by atoms with Crippen LogP contribution in [0.2, 0.25) is 0 Å². The van der Waals surface area contributed by atoms with Gasteiger partial charge in [-0.1, -0.05) is 6.92 Å². The average molecular weight is 276 g/mol. The van der Waals surface area contributed by atoms with Gasteiger partial charge in [-0.2, -0.15) is 5.26 Å². The topological polar surface area (TPSA) is 42.3 Å². The van der Waals surface area contributed by atoms with E-state index in [1.807, 2.05) is 0 Å². The summed E-state index contributed by atoms with van der Waals surface area (Å²) in [5, 5.41) is 13.5. The smallest absolute Gasteiger partial charge is 0.122 e. The highest BCUT2D eigenvalue weighted by Crippen LogP contribution is 2.42. The summed E-state index contributed by atoms with van der Waals surface area (Å²) in [6, 6.07) is 3.91. The van der Waals surface area contributed by atoms with E-state index in [2.05, 4.69) is 42.2 Å². The maximum Gasteiger partial charge on any atom is 0.122 e. The molecule has 0 aromatic heterocycles. The van der Waals surface area contributed by atoms with Gasteiger partial charge in [0.25, 0.3) is 0 Å². The highest BCUT2D eigenvalue weighted by atomic mass is 15.3. The van der Waals surface area contributed by atoms with Crippen molar-refractivity contribution in [3.63, 3.8) is 0 Å². The molecule has 0 amide bonds. The van der Waals surface area contributed by atoms with Gasteiger partial charge < -0.3 is 4.90 Å². The first kappa shape index (κ1) is 14.3. The van der Waals surface area contributed by atoms with Crippen molar-refractivity contribution in [2.45, 2.75) is 50.2 Å². The molecule has 3 aliphatic rings. The molecule has 0 aromatic carbocycles. The third kappa shape index (κ3) is 2.86. The molecule has 1 heterocycles. The lowest BCUT2D eigenvalue weighted by atomic mass is 9.94. The van der Waals surface area contributed by atoms with E-state index in [-0.39, 0.29) is 5.54 Å². The molecule has 2 aliphatic carbocycles. The quantitative estimate of drug-likeness (QED) is 0.794. The van der Waals surface area contributed by atoms with Crippen molar-refractivity contribution in [1.82, 2.24) is 15.1 Å². The third-order valence-corrected chi connectivity index (χ3v) is 5.30. The van der Waals surface area contributed by atoms with E-state index in [4.69, 9.17) is 0 Å². The Labute approximate surface area is 123 Å². The predicted octanol–water partition coefficient (Wildman–Crippen LogP) is 1.29. The summed E-state index contributed by atoms with van der Waals surface area (Å²) in [5.41, 5.74) is -0.276. The summed E-state index contributed by atoms with van der Waals surface area (Å²) in [4.78, 5) is 4.86. The molecule has 2 saturated carbocycles. The van der Waals surface area contributed by atoms with Gasteiger partial charge in [-0.15, -0.1) is 0 Å². The van der Waals surface area contributed by atoms with Crippen LogP contribution in [0.5, 0.6) is 0 Å². The van der Waals surface area contributed by atoms with E-state index in [1.54, 1.807) is 0 Å². The number of hydrogen-bond donors (Lipinski definition) is 1. The zero-order valence-corrected chi connectivity index (χ0v) is 13.1. The lowest BCUT2D eigenvalue weighted by Crippen LogP contribution is -2.55. The summed E-state index contributed by atoms with van der Waals surface area (Å²) < 4.78 is 0. The molecule has 0 radical (unpaired) electrons. The molecule has 0 aromatic rings. The minimum atomic E-state index is -0.276. The second kappa shape index (κ2) is 5.29. The van der Waals surface area contributed by atoms with Crippen LogP contribution in [0.15, 0.2) is 0 Å². The van der Waals surface area contributed by atoms with Crippen molar-refractivity contribution >= 4 is 0 Å². The fourth-order valence-electron chi connectivity index (χ4n) is 3.82. The van der Waals surface area contributed by atoms with Crippen LogP contribution in [0.25, 0.3) is 0 Å². The summed E-state index contributed by atoms with van der Waals surface area (Å²) in [6.45, 7) is 5.49. The second-order valence-electron chi connectivity index (χ2n) is 7.48. The standard InChI is InChI=1S/C16H28N4/c1-12-8-20(9-15(12)19(2)3)11-16(10-17,13-4-5-13)18-14-6-7-14/h12-15,18H,4-9,11H2,1-3H3. The van der Waals surface area contributed by atoms with Crippen molar-refractivity contribution in [2.24, 2.45) is 11.8 Å². The molecule has 1 saturated heterocycles. The molecule has 3 fully saturated rings. The first-order chi connectivity index (χ1) is 9.54. The molecule has 1 aliphatic heterocycles. The van der Waals surface area contributed by atoms with Crippen LogP contribution in [0.4, 0.5) is 0 Å². The molecule has 3 atom stereocenters. The fraction of sp³-hybridized carbons (Fsp3) is 0.938. The van der Waals surface area contributed by atoms with Crippen LogP contribution in [-0.4, -0.2) is 61.2 Å². The molecule has 0 spiro atoms. The molecule has 3 unspecified atom stereocenters. The average Bonchev–Trinajstić information content (AvgIpc) is 3.28. The van der Waals surface area contributed by atoms with Crippen LogP contribution >= 0.6 is 0 Å². The first-order valence-corrected chi connectivity index (χ1v) is 8.12. The van der Waals surface area contributed by atoms with Gasteiger partial charge in [-0.05, 0) is 51.6 Å². The van der Waals surface area contributed by atoms with Gasteiger partial charge in [0.15, 0.2) is 0 Å². The van der Waals surface area contributed by atoms with Crippen molar-refractivity contribution in [2.75, 3.05) is 33.7 Å². The molecular formula is C16H28N4. The van der Waals surface area contributed by atoms with Gasteiger partial charge in [-0.25, -0.2) is 0 Å². The number of likely N-dealkylation sites (tertiary alicyclic amines) is 1. The van der Waals surface area contributed by atoms with E-state index in [9.17, 15) is 5.26 Å². The van der Waals surface area contributed by atoms with Gasteiger partial charge in [0.1, 0.15) is 5.54 Å². The SMILES string of the molecule is CC1CN(CC(C#N)(NC2CC2)C2CC2)CC1N(C)C. The monoisotopic (exact) mass is 276 g/mol. The number of likely N-dealkylation sites (N-methyl/N-ethyl adjacent to an activating group) is 1. The van der Waals surface area contributed by atoms with Crippen molar-refractivity contribution < 1.29 is 0 Å². The molecule has 4 nitrogen and oxygen atoms in total. The van der Waals surface area contributed by atoms with Gasteiger partial charge in [0, 0.05) is 31.7 Å². The maximum absolute atomic E-state index is 9.82. The maximum atomic E-state index is 9.82. The van der Waals surface area contributed by atoms with E-state index < -0.39 is 0 Å². The van der Waals surface area contributed by atoms with Crippen LogP contribution in [0, 0.1) is 23.2 Å².